The summed E-state index contributed by atoms with van der Waals surface area (Å²) in [7, 11) is 1.34. The van der Waals surface area contributed by atoms with E-state index in [1.165, 1.54) is 19.2 Å². The van der Waals surface area contributed by atoms with Crippen molar-refractivity contribution in [3.05, 3.63) is 46.3 Å². The van der Waals surface area contributed by atoms with Crippen LogP contribution in [0.25, 0.3) is 0 Å². The molecule has 23 heavy (non-hydrogen) atoms. The number of anilines is 1. The van der Waals surface area contributed by atoms with E-state index < -0.39 is 29.2 Å². The fraction of sp³-hybridized carbons (Fsp3) is 0.143. The second kappa shape index (κ2) is 6.29. The number of benzene rings is 1. The van der Waals surface area contributed by atoms with E-state index in [1.54, 1.807) is 12.1 Å². The van der Waals surface area contributed by atoms with Gasteiger partial charge in [0.25, 0.3) is 5.91 Å². The molecule has 0 saturated carbocycles. The van der Waals surface area contributed by atoms with Gasteiger partial charge in [0.1, 0.15) is 16.3 Å². The van der Waals surface area contributed by atoms with Crippen molar-refractivity contribution in [2.24, 2.45) is 0 Å². The van der Waals surface area contributed by atoms with E-state index in [4.69, 9.17) is 9.84 Å². The van der Waals surface area contributed by atoms with Crippen molar-refractivity contribution in [2.45, 2.75) is 6.18 Å². The maximum Gasteiger partial charge on any atom is 0.418 e. The van der Waals surface area contributed by atoms with Gasteiger partial charge in [0.15, 0.2) is 0 Å². The van der Waals surface area contributed by atoms with Gasteiger partial charge in [-0.15, -0.1) is 11.3 Å². The zero-order chi connectivity index (χ0) is 17.2. The van der Waals surface area contributed by atoms with Crippen molar-refractivity contribution in [3.63, 3.8) is 0 Å². The highest BCUT2D eigenvalue weighted by Gasteiger charge is 2.38. The van der Waals surface area contributed by atoms with Gasteiger partial charge in [0.2, 0.25) is 0 Å². The monoisotopic (exact) mass is 345 g/mol. The molecule has 0 spiro atoms. The summed E-state index contributed by atoms with van der Waals surface area (Å²) in [6, 6.07) is 6.08. The molecular formula is C14H10F3NO4S. The van der Waals surface area contributed by atoms with E-state index in [-0.39, 0.29) is 16.3 Å². The van der Waals surface area contributed by atoms with Gasteiger partial charge in [-0.2, -0.15) is 13.2 Å². The summed E-state index contributed by atoms with van der Waals surface area (Å²) in [5.41, 5.74) is -2.20. The van der Waals surface area contributed by atoms with E-state index >= 15 is 0 Å². The van der Waals surface area contributed by atoms with Crippen molar-refractivity contribution in [1.29, 1.82) is 0 Å². The predicted octanol–water partition coefficient (Wildman–Crippen LogP) is 3.73. The largest absolute Gasteiger partial charge is 0.496 e. The fourth-order valence-corrected chi connectivity index (χ4v) is 2.83. The van der Waals surface area contributed by atoms with E-state index in [0.717, 1.165) is 0 Å². The van der Waals surface area contributed by atoms with Crippen LogP contribution in [0.3, 0.4) is 0 Å². The van der Waals surface area contributed by atoms with Gasteiger partial charge in [0.05, 0.1) is 18.2 Å². The molecule has 9 heteroatoms. The van der Waals surface area contributed by atoms with Crippen molar-refractivity contribution >= 4 is 28.2 Å². The molecule has 0 saturated heterocycles. The molecule has 2 N–H and O–H groups in total. The van der Waals surface area contributed by atoms with Crippen LogP contribution in [-0.2, 0) is 6.18 Å². The van der Waals surface area contributed by atoms with Crippen LogP contribution in [0.2, 0.25) is 0 Å². The summed E-state index contributed by atoms with van der Waals surface area (Å²) in [5, 5.41) is 11.5. The van der Waals surface area contributed by atoms with Gasteiger partial charge in [0, 0.05) is 5.38 Å². The molecular weight excluding hydrogens is 335 g/mol. The maximum absolute atomic E-state index is 12.8. The van der Waals surface area contributed by atoms with Crippen molar-refractivity contribution < 1.29 is 32.6 Å². The number of hydrogen-bond acceptors (Lipinski definition) is 4. The van der Waals surface area contributed by atoms with Crippen LogP contribution in [0.4, 0.5) is 18.2 Å². The molecule has 0 atom stereocenters. The number of halogens is 3. The fourth-order valence-electron chi connectivity index (χ4n) is 1.87. The summed E-state index contributed by atoms with van der Waals surface area (Å²) >= 11 is 0.494. The second-order valence-corrected chi connectivity index (χ2v) is 5.19. The molecule has 1 amide bonds. The summed E-state index contributed by atoms with van der Waals surface area (Å²) in [4.78, 5) is 23.3. The molecule has 2 rings (SSSR count). The lowest BCUT2D eigenvalue weighted by Crippen LogP contribution is -2.16. The third-order valence-corrected chi connectivity index (χ3v) is 3.78. The Balaban J connectivity index is 2.39. The smallest absolute Gasteiger partial charge is 0.418 e. The number of carbonyl (C=O) groups excluding carboxylic acids is 1. The van der Waals surface area contributed by atoms with Crippen LogP contribution < -0.4 is 10.1 Å². The average Bonchev–Trinajstić information content (AvgIpc) is 2.91. The summed E-state index contributed by atoms with van der Waals surface area (Å²) in [6.07, 6.45) is -4.82. The Morgan fingerprint density at radius 1 is 1.26 bits per heavy atom. The lowest BCUT2D eigenvalue weighted by atomic mass is 10.1. The van der Waals surface area contributed by atoms with E-state index in [1.807, 2.05) is 0 Å². The highest BCUT2D eigenvalue weighted by Crippen LogP contribution is 2.39. The number of amides is 1. The van der Waals surface area contributed by atoms with Gasteiger partial charge in [-0.05, 0) is 12.1 Å². The molecule has 1 heterocycles. The molecule has 0 aliphatic rings. The number of carboxylic acid groups (broad SMARTS) is 1. The first kappa shape index (κ1) is 16.8. The van der Waals surface area contributed by atoms with Gasteiger partial charge in [-0.3, -0.25) is 4.79 Å². The Hall–Kier alpha value is -2.55. The topological polar surface area (TPSA) is 75.6 Å². The lowest BCUT2D eigenvalue weighted by molar-refractivity contribution is -0.137. The molecule has 1 aromatic carbocycles. The predicted molar refractivity (Wildman–Crippen MR) is 77.2 cm³/mol. The zero-order valence-electron chi connectivity index (χ0n) is 11.6. The van der Waals surface area contributed by atoms with Crippen LogP contribution in [0.5, 0.6) is 5.75 Å². The first-order chi connectivity index (χ1) is 10.8. The number of nitrogens with one attached hydrogen (secondary N) is 1. The molecule has 0 unspecified atom stereocenters. The van der Waals surface area contributed by atoms with E-state index in [2.05, 4.69) is 5.32 Å². The molecule has 0 radical (unpaired) electrons. The van der Waals surface area contributed by atoms with Crippen LogP contribution in [0, 0.1) is 0 Å². The average molecular weight is 345 g/mol. The van der Waals surface area contributed by atoms with Crippen molar-refractivity contribution in [1.82, 2.24) is 0 Å². The molecule has 5 nitrogen and oxygen atoms in total. The molecule has 122 valence electrons. The lowest BCUT2D eigenvalue weighted by Gasteiger charge is -2.10. The highest BCUT2D eigenvalue weighted by molar-refractivity contribution is 7.15. The molecule has 0 bridgehead atoms. The van der Waals surface area contributed by atoms with Gasteiger partial charge >= 0.3 is 12.1 Å². The number of rotatable bonds is 4. The minimum absolute atomic E-state index is 0.0771. The number of para-hydroxylation sites is 1. The number of aromatic carboxylic acids is 1. The third kappa shape index (κ3) is 3.45. The van der Waals surface area contributed by atoms with Gasteiger partial charge in [-0.1, -0.05) is 12.1 Å². The molecule has 0 aliphatic heterocycles. The molecule has 0 fully saturated rings. The van der Waals surface area contributed by atoms with Gasteiger partial charge in [-0.25, -0.2) is 4.79 Å². The number of ether oxygens (including phenoxy) is 1. The van der Waals surface area contributed by atoms with Crippen LogP contribution in [0.15, 0.2) is 29.6 Å². The Morgan fingerprint density at radius 2 is 1.91 bits per heavy atom. The number of hydrogen-bond donors (Lipinski definition) is 2. The van der Waals surface area contributed by atoms with E-state index in [0.29, 0.717) is 16.7 Å². The summed E-state index contributed by atoms with van der Waals surface area (Å²) in [5.74, 6) is -2.32. The second-order valence-electron chi connectivity index (χ2n) is 4.31. The van der Waals surface area contributed by atoms with Crippen LogP contribution in [0.1, 0.15) is 26.3 Å². The Morgan fingerprint density at radius 3 is 2.48 bits per heavy atom. The van der Waals surface area contributed by atoms with Crippen LogP contribution in [-0.4, -0.2) is 24.1 Å². The molecule has 2 aromatic rings. The normalized spacial score (nSPS) is 11.1. The number of carboxylic acids is 1. The van der Waals surface area contributed by atoms with E-state index in [9.17, 15) is 22.8 Å². The highest BCUT2D eigenvalue weighted by atomic mass is 32.1. The maximum atomic E-state index is 12.8. The quantitative estimate of drug-likeness (QED) is 0.885. The number of thiophene rings is 1. The van der Waals surface area contributed by atoms with Gasteiger partial charge < -0.3 is 15.2 Å². The van der Waals surface area contributed by atoms with Crippen molar-refractivity contribution in [3.8, 4) is 5.75 Å². The van der Waals surface area contributed by atoms with Crippen molar-refractivity contribution in [2.75, 3.05) is 12.4 Å². The third-order valence-electron chi connectivity index (χ3n) is 2.89. The standard InChI is InChI=1S/C14H10F3NO4S/c1-22-9-5-3-2-4-7(9)11(19)18-12-10(13(20)21)8(6-23-12)14(15,16)17/h2-6H,1H3,(H,18,19)(H,20,21). The Bertz CT molecular complexity index is 755. The molecule has 1 aromatic heterocycles. The van der Waals surface area contributed by atoms with Crippen LogP contribution >= 0.6 is 11.3 Å². The minimum Gasteiger partial charge on any atom is -0.496 e. The Kier molecular flexibility index (Phi) is 4.60. The number of alkyl halides is 3. The number of methoxy groups -OCH3 is 1. The number of carbonyl (C=O) groups is 2. The SMILES string of the molecule is COc1ccccc1C(=O)Nc1scc(C(F)(F)F)c1C(=O)O. The summed E-state index contributed by atoms with van der Waals surface area (Å²) in [6.45, 7) is 0. The molecule has 0 aliphatic carbocycles. The first-order valence-corrected chi connectivity index (χ1v) is 7.00. The zero-order valence-corrected chi connectivity index (χ0v) is 12.4. The minimum atomic E-state index is -4.82. The summed E-state index contributed by atoms with van der Waals surface area (Å²) < 4.78 is 43.4. The first-order valence-electron chi connectivity index (χ1n) is 6.12. The Labute approximate surface area is 132 Å².